The van der Waals surface area contributed by atoms with E-state index in [2.05, 4.69) is 10.4 Å². The number of aromatic nitrogens is 2. The number of anilines is 1. The third kappa shape index (κ3) is 3.69. The van der Waals surface area contributed by atoms with Crippen molar-refractivity contribution in [3.63, 3.8) is 0 Å². The number of hydrogen-bond donors (Lipinski definition) is 1. The topological polar surface area (TPSA) is 64.0 Å². The molecule has 0 aliphatic heterocycles. The summed E-state index contributed by atoms with van der Waals surface area (Å²) in [4.78, 5) is -1.14. The minimum absolute atomic E-state index is 0.0196. The molecule has 142 valence electrons. The van der Waals surface area contributed by atoms with Crippen LogP contribution in [0.25, 0.3) is 0 Å². The van der Waals surface area contributed by atoms with Gasteiger partial charge >= 0.3 is 5.51 Å². The van der Waals surface area contributed by atoms with Gasteiger partial charge in [-0.3, -0.25) is 4.68 Å². The summed E-state index contributed by atoms with van der Waals surface area (Å²) in [7, 11) is -5.67. The summed E-state index contributed by atoms with van der Waals surface area (Å²) in [6, 6.07) is 4.27. The summed E-state index contributed by atoms with van der Waals surface area (Å²) in [6.45, 7) is 0.0196. The first-order chi connectivity index (χ1) is 12.2. The van der Waals surface area contributed by atoms with E-state index in [9.17, 15) is 26.0 Å². The van der Waals surface area contributed by atoms with Crippen LogP contribution < -0.4 is 5.32 Å². The zero-order valence-corrected chi connectivity index (χ0v) is 14.4. The molecule has 0 amide bonds. The lowest BCUT2D eigenvalue weighted by atomic mass is 10.3. The first kappa shape index (κ1) is 18.7. The number of halogens is 4. The fourth-order valence-corrected chi connectivity index (χ4v) is 3.97. The van der Waals surface area contributed by atoms with Gasteiger partial charge in [-0.15, -0.1) is 0 Å². The summed E-state index contributed by atoms with van der Waals surface area (Å²) >= 11 is 0. The van der Waals surface area contributed by atoms with Crippen molar-refractivity contribution < 1.29 is 26.0 Å². The second kappa shape index (κ2) is 6.90. The summed E-state index contributed by atoms with van der Waals surface area (Å²) in [5.41, 5.74) is -5.28. The molecule has 26 heavy (non-hydrogen) atoms. The molecule has 0 spiro atoms. The van der Waals surface area contributed by atoms with E-state index in [4.69, 9.17) is 0 Å². The van der Waals surface area contributed by atoms with Crippen molar-refractivity contribution in [3.05, 3.63) is 42.0 Å². The molecule has 1 aromatic carbocycles. The highest BCUT2D eigenvalue weighted by atomic mass is 32.2. The van der Waals surface area contributed by atoms with Gasteiger partial charge in [-0.25, -0.2) is 12.8 Å². The number of hydrogen-bond acceptors (Lipinski definition) is 4. The molecule has 3 rings (SSSR count). The maximum absolute atomic E-state index is 13.3. The highest BCUT2D eigenvalue weighted by Crippen LogP contribution is 2.35. The fraction of sp³-hybridized carbons (Fsp3) is 0.438. The Balaban J connectivity index is 1.80. The molecule has 5 nitrogen and oxygen atoms in total. The number of rotatable bonds is 5. The molecule has 10 heteroatoms. The molecular formula is C16H17F4N3O2S. The number of alkyl halides is 3. The van der Waals surface area contributed by atoms with E-state index in [0.717, 1.165) is 37.8 Å². The third-order valence-electron chi connectivity index (χ3n) is 4.36. The van der Waals surface area contributed by atoms with Crippen LogP contribution in [0, 0.1) is 5.82 Å². The Morgan fingerprint density at radius 1 is 1.19 bits per heavy atom. The zero-order valence-electron chi connectivity index (χ0n) is 13.6. The molecule has 0 atom stereocenters. The van der Waals surface area contributed by atoms with Crippen molar-refractivity contribution >= 4 is 15.5 Å². The second-order valence-electron chi connectivity index (χ2n) is 6.17. The Labute approximate surface area is 147 Å². The van der Waals surface area contributed by atoms with E-state index in [1.807, 2.05) is 4.68 Å². The molecule has 1 aromatic heterocycles. The van der Waals surface area contributed by atoms with Crippen molar-refractivity contribution in [1.29, 1.82) is 0 Å². The molecule has 1 aliphatic carbocycles. The zero-order chi connectivity index (χ0) is 18.9. The first-order valence-corrected chi connectivity index (χ1v) is 9.55. The lowest BCUT2D eigenvalue weighted by molar-refractivity contribution is -0.0435. The van der Waals surface area contributed by atoms with E-state index < -0.39 is 26.1 Å². The van der Waals surface area contributed by atoms with E-state index in [1.54, 1.807) is 12.3 Å². The van der Waals surface area contributed by atoms with Crippen LogP contribution in [-0.4, -0.2) is 23.7 Å². The van der Waals surface area contributed by atoms with Gasteiger partial charge in [-0.2, -0.15) is 18.3 Å². The number of sulfone groups is 1. The van der Waals surface area contributed by atoms with Crippen molar-refractivity contribution in [2.75, 3.05) is 5.32 Å². The molecule has 1 heterocycles. The number of nitrogens with zero attached hydrogens (tertiary/aromatic N) is 2. The molecule has 1 saturated carbocycles. The number of benzene rings is 1. The maximum atomic E-state index is 13.3. The van der Waals surface area contributed by atoms with Gasteiger partial charge < -0.3 is 5.32 Å². The quantitative estimate of drug-likeness (QED) is 0.782. The van der Waals surface area contributed by atoms with Gasteiger partial charge in [0.15, 0.2) is 0 Å². The van der Waals surface area contributed by atoms with Crippen LogP contribution in [0.3, 0.4) is 0 Å². The normalized spacial score (nSPS) is 16.2. The van der Waals surface area contributed by atoms with Gasteiger partial charge in [0.25, 0.3) is 9.84 Å². The molecule has 1 aliphatic rings. The minimum atomic E-state index is -5.67. The summed E-state index contributed by atoms with van der Waals surface area (Å²) < 4.78 is 76.9. The fourth-order valence-electron chi connectivity index (χ4n) is 3.02. The van der Waals surface area contributed by atoms with Crippen LogP contribution in [0.15, 0.2) is 35.4 Å². The Morgan fingerprint density at radius 2 is 1.88 bits per heavy atom. The lowest BCUT2D eigenvalue weighted by Crippen LogP contribution is -2.24. The van der Waals surface area contributed by atoms with Crippen molar-refractivity contribution in [2.45, 2.75) is 48.7 Å². The summed E-state index contributed by atoms with van der Waals surface area (Å²) in [5, 5.41) is 6.99. The van der Waals surface area contributed by atoms with Crippen LogP contribution in [-0.2, 0) is 16.4 Å². The molecule has 1 fully saturated rings. The number of nitrogens with one attached hydrogen (secondary N) is 1. The molecule has 1 N–H and O–H groups in total. The van der Waals surface area contributed by atoms with Gasteiger partial charge in [-0.1, -0.05) is 12.8 Å². The monoisotopic (exact) mass is 391 g/mol. The van der Waals surface area contributed by atoms with Crippen molar-refractivity contribution in [1.82, 2.24) is 9.78 Å². The van der Waals surface area contributed by atoms with E-state index in [1.165, 1.54) is 0 Å². The SMILES string of the molecule is O=S(=O)(c1cc(F)ccc1NCc1ccn(C2CCCC2)n1)C(F)(F)F. The highest BCUT2D eigenvalue weighted by Gasteiger charge is 2.48. The van der Waals surface area contributed by atoms with Gasteiger partial charge in [0, 0.05) is 6.20 Å². The van der Waals surface area contributed by atoms with Crippen LogP contribution in [0.2, 0.25) is 0 Å². The first-order valence-electron chi connectivity index (χ1n) is 8.07. The largest absolute Gasteiger partial charge is 0.501 e. The second-order valence-corrected chi connectivity index (χ2v) is 8.08. The predicted octanol–water partition coefficient (Wildman–Crippen LogP) is 4.04. The predicted molar refractivity (Wildman–Crippen MR) is 86.7 cm³/mol. The van der Waals surface area contributed by atoms with Crippen LogP contribution in [0.1, 0.15) is 37.4 Å². The Hall–Kier alpha value is -2.10. The maximum Gasteiger partial charge on any atom is 0.501 e. The van der Waals surface area contributed by atoms with Crippen molar-refractivity contribution in [3.8, 4) is 0 Å². The lowest BCUT2D eigenvalue weighted by Gasteiger charge is -2.14. The van der Waals surface area contributed by atoms with Gasteiger partial charge in [0.05, 0.1) is 24.0 Å². The molecule has 0 unspecified atom stereocenters. The third-order valence-corrected chi connectivity index (χ3v) is 5.89. The van der Waals surface area contributed by atoms with Crippen molar-refractivity contribution in [2.24, 2.45) is 0 Å². The molecule has 2 aromatic rings. The summed E-state index contributed by atoms with van der Waals surface area (Å²) in [6.07, 6.45) is 6.12. The molecule has 0 saturated heterocycles. The minimum Gasteiger partial charge on any atom is -0.378 e. The average molecular weight is 391 g/mol. The van der Waals surface area contributed by atoms with E-state index in [0.29, 0.717) is 17.8 Å². The van der Waals surface area contributed by atoms with E-state index >= 15 is 0 Å². The Bertz CT molecular complexity index is 887. The summed E-state index contributed by atoms with van der Waals surface area (Å²) in [5.74, 6) is -1.07. The molecule has 0 radical (unpaired) electrons. The Kier molecular flexibility index (Phi) is 4.96. The smallest absolute Gasteiger partial charge is 0.378 e. The van der Waals surface area contributed by atoms with Gasteiger partial charge in [0.2, 0.25) is 0 Å². The highest BCUT2D eigenvalue weighted by molar-refractivity contribution is 7.92. The van der Waals surface area contributed by atoms with Gasteiger partial charge in [-0.05, 0) is 37.1 Å². The van der Waals surface area contributed by atoms with E-state index in [-0.39, 0.29) is 12.2 Å². The average Bonchev–Trinajstić information content (AvgIpc) is 3.23. The van der Waals surface area contributed by atoms with Crippen LogP contribution >= 0.6 is 0 Å². The Morgan fingerprint density at radius 3 is 2.54 bits per heavy atom. The van der Waals surface area contributed by atoms with Gasteiger partial charge in [0.1, 0.15) is 10.7 Å². The van der Waals surface area contributed by atoms with Crippen LogP contribution in [0.4, 0.5) is 23.2 Å². The standard InChI is InChI=1S/C16H17F4N3O2S/c17-11-5-6-14(15(9-11)26(24,25)16(18,19)20)21-10-12-7-8-23(22-12)13-3-1-2-4-13/h5-9,13,21H,1-4,10H2. The molecule has 0 bridgehead atoms. The van der Waals surface area contributed by atoms with Crippen LogP contribution in [0.5, 0.6) is 0 Å². The molecular weight excluding hydrogens is 374 g/mol.